The van der Waals surface area contributed by atoms with Crippen molar-refractivity contribution in [1.29, 1.82) is 0 Å². The lowest BCUT2D eigenvalue weighted by Crippen LogP contribution is -2.55. The first kappa shape index (κ1) is 31.7. The van der Waals surface area contributed by atoms with Gasteiger partial charge >= 0.3 is 12.1 Å². The number of hydrogen-bond acceptors (Lipinski definition) is 6. The monoisotopic (exact) mass is 628 g/mol. The maximum atomic E-state index is 15.2. The number of imide groups is 1. The maximum Gasteiger partial charge on any atom is 0.410 e. The number of hydrogen-bond donors (Lipinski definition) is 1. The highest BCUT2D eigenvalue weighted by Gasteiger charge is 2.48. The first-order chi connectivity index (χ1) is 21.2. The standard InChI is InChI=1S/C33H46F2N6O4/c1-22-19-41(28-26(22)17-25(18-36-28)40-14-8-27(42)37-29(40)43)24-5-9-32(10-6-24)11-15-38(16-12-32)20-23-7-13-39(21-33(23,34)35)30(44)45-31(2,3)4/h17-19,23-24H,5-16,20-21H2,1-4H3,(H,37,42,43)/t23-/m1/s1. The number of urea groups is 1. The lowest BCUT2D eigenvalue weighted by Gasteiger charge is -2.47. The molecule has 3 saturated heterocycles. The number of piperidine rings is 2. The predicted molar refractivity (Wildman–Crippen MR) is 166 cm³/mol. The molecule has 5 heterocycles. The summed E-state index contributed by atoms with van der Waals surface area (Å²) in [5.41, 5.74) is 2.26. The number of aryl methyl sites for hydroxylation is 1. The second-order valence-electron chi connectivity index (χ2n) is 14.7. The van der Waals surface area contributed by atoms with E-state index in [0.717, 1.165) is 73.1 Å². The van der Waals surface area contributed by atoms with Gasteiger partial charge in [-0.3, -0.25) is 15.0 Å². The first-order valence-corrected chi connectivity index (χ1v) is 16.4. The molecule has 1 spiro atoms. The number of nitrogens with zero attached hydrogens (tertiary/aromatic N) is 5. The Bertz CT molecular complexity index is 1450. The summed E-state index contributed by atoms with van der Waals surface area (Å²) < 4.78 is 37.9. The van der Waals surface area contributed by atoms with E-state index >= 15 is 8.78 Å². The Labute approximate surface area is 263 Å². The zero-order chi connectivity index (χ0) is 32.1. The summed E-state index contributed by atoms with van der Waals surface area (Å²) in [6, 6.07) is 1.92. The zero-order valence-electron chi connectivity index (χ0n) is 26.9. The number of nitrogens with one attached hydrogen (secondary N) is 1. The predicted octanol–water partition coefficient (Wildman–Crippen LogP) is 5.88. The minimum Gasteiger partial charge on any atom is -0.444 e. The quantitative estimate of drug-likeness (QED) is 0.454. The number of alkyl halides is 2. The summed E-state index contributed by atoms with van der Waals surface area (Å²) in [7, 11) is 0. The molecule has 1 N–H and O–H groups in total. The molecule has 1 saturated carbocycles. The number of halogens is 2. The van der Waals surface area contributed by atoms with Crippen LogP contribution in [0.15, 0.2) is 18.5 Å². The number of anilines is 1. The fraction of sp³-hybridized carbons (Fsp3) is 0.697. The average molecular weight is 629 g/mol. The number of ether oxygens (including phenoxy) is 1. The molecule has 246 valence electrons. The Kier molecular flexibility index (Phi) is 8.33. The smallest absolute Gasteiger partial charge is 0.410 e. The molecule has 1 atom stereocenters. The molecular weight excluding hydrogens is 582 g/mol. The van der Waals surface area contributed by atoms with Gasteiger partial charge in [0.25, 0.3) is 5.92 Å². The lowest BCUT2D eigenvalue weighted by molar-refractivity contribution is -0.120. The van der Waals surface area contributed by atoms with Crippen LogP contribution >= 0.6 is 0 Å². The summed E-state index contributed by atoms with van der Waals surface area (Å²) in [5, 5.41) is 3.39. The van der Waals surface area contributed by atoms with E-state index in [9.17, 15) is 14.4 Å². The van der Waals surface area contributed by atoms with Crippen molar-refractivity contribution in [2.45, 2.75) is 96.6 Å². The van der Waals surface area contributed by atoms with Crippen LogP contribution in [-0.4, -0.2) is 88.2 Å². The number of pyridine rings is 1. The Balaban J connectivity index is 1.02. The number of amides is 4. The molecule has 0 bridgehead atoms. The second kappa shape index (κ2) is 11.8. The largest absolute Gasteiger partial charge is 0.444 e. The minimum absolute atomic E-state index is 0.257. The van der Waals surface area contributed by atoms with Crippen LogP contribution in [0.3, 0.4) is 0 Å². The highest BCUT2D eigenvalue weighted by atomic mass is 19.3. The molecule has 1 aliphatic carbocycles. The fourth-order valence-electron chi connectivity index (χ4n) is 7.73. The third-order valence-electron chi connectivity index (χ3n) is 10.4. The van der Waals surface area contributed by atoms with Gasteiger partial charge in [-0.1, -0.05) is 0 Å². The Hall–Kier alpha value is -3.28. The van der Waals surface area contributed by atoms with Crippen molar-refractivity contribution >= 4 is 34.8 Å². The van der Waals surface area contributed by atoms with Gasteiger partial charge in [-0.2, -0.15) is 0 Å². The summed E-state index contributed by atoms with van der Waals surface area (Å²) in [6.45, 7) is 9.38. The highest BCUT2D eigenvalue weighted by Crippen LogP contribution is 2.48. The lowest BCUT2D eigenvalue weighted by atomic mass is 9.67. The van der Waals surface area contributed by atoms with E-state index in [4.69, 9.17) is 9.72 Å². The Morgan fingerprint density at radius 2 is 1.78 bits per heavy atom. The Morgan fingerprint density at radius 1 is 1.07 bits per heavy atom. The molecule has 10 nitrogen and oxygen atoms in total. The maximum absolute atomic E-state index is 15.2. The van der Waals surface area contributed by atoms with Gasteiger partial charge in [-0.15, -0.1) is 0 Å². The molecule has 2 aromatic rings. The van der Waals surface area contributed by atoms with E-state index < -0.39 is 36.1 Å². The summed E-state index contributed by atoms with van der Waals surface area (Å²) in [5.74, 6) is -3.95. The second-order valence-corrected chi connectivity index (χ2v) is 14.7. The molecule has 3 aliphatic heterocycles. The molecule has 4 aliphatic rings. The van der Waals surface area contributed by atoms with Crippen LogP contribution in [0.2, 0.25) is 0 Å². The van der Waals surface area contributed by atoms with Crippen LogP contribution < -0.4 is 10.2 Å². The summed E-state index contributed by atoms with van der Waals surface area (Å²) in [4.78, 5) is 46.0. The summed E-state index contributed by atoms with van der Waals surface area (Å²) >= 11 is 0. The van der Waals surface area contributed by atoms with Gasteiger partial charge in [0.1, 0.15) is 11.2 Å². The van der Waals surface area contributed by atoms with Crippen molar-refractivity contribution in [1.82, 2.24) is 24.7 Å². The van der Waals surface area contributed by atoms with Crippen molar-refractivity contribution in [3.05, 3.63) is 24.0 Å². The van der Waals surface area contributed by atoms with Gasteiger partial charge < -0.3 is 19.1 Å². The van der Waals surface area contributed by atoms with E-state index in [1.165, 1.54) is 0 Å². The number of rotatable bonds is 4. The third kappa shape index (κ3) is 6.66. The Morgan fingerprint density at radius 3 is 2.42 bits per heavy atom. The van der Waals surface area contributed by atoms with Crippen LogP contribution in [0.4, 0.5) is 24.1 Å². The van der Waals surface area contributed by atoms with Gasteiger partial charge in [0.15, 0.2) is 0 Å². The molecule has 2 aromatic heterocycles. The topological polar surface area (TPSA) is 100 Å². The van der Waals surface area contributed by atoms with E-state index in [2.05, 4.69) is 27.9 Å². The number of fused-ring (bicyclic) bond motifs is 1. The van der Waals surface area contributed by atoms with Gasteiger partial charge in [0.05, 0.1) is 18.4 Å². The normalized spacial score (nSPS) is 24.7. The fourth-order valence-corrected chi connectivity index (χ4v) is 7.73. The molecule has 0 unspecified atom stereocenters. The van der Waals surface area contributed by atoms with Crippen molar-refractivity contribution in [3.63, 3.8) is 0 Å². The molecule has 4 fully saturated rings. The van der Waals surface area contributed by atoms with Crippen LogP contribution in [0.5, 0.6) is 0 Å². The van der Waals surface area contributed by atoms with E-state index in [0.29, 0.717) is 31.4 Å². The minimum atomic E-state index is -2.94. The average Bonchev–Trinajstić information content (AvgIpc) is 3.30. The van der Waals surface area contributed by atoms with Gasteiger partial charge in [-0.25, -0.2) is 23.4 Å². The molecular formula is C33H46F2N6O4. The van der Waals surface area contributed by atoms with Crippen molar-refractivity contribution in [3.8, 4) is 0 Å². The van der Waals surface area contributed by atoms with E-state index in [-0.39, 0.29) is 24.2 Å². The van der Waals surface area contributed by atoms with Crippen LogP contribution in [0.1, 0.15) is 83.7 Å². The third-order valence-corrected chi connectivity index (χ3v) is 10.4. The SMILES string of the molecule is Cc1cn(C2CCC3(CC2)CCN(C[C@H]2CCN(C(=O)OC(C)(C)C)CC2(F)F)CC3)c2ncc(N3CCC(=O)NC3=O)cc12. The molecule has 0 radical (unpaired) electrons. The van der Waals surface area contributed by atoms with Crippen LogP contribution in [0, 0.1) is 18.3 Å². The highest BCUT2D eigenvalue weighted by molar-refractivity contribution is 6.06. The van der Waals surface area contributed by atoms with Crippen molar-refractivity contribution in [2.75, 3.05) is 44.2 Å². The van der Waals surface area contributed by atoms with Crippen molar-refractivity contribution < 1.29 is 27.9 Å². The molecule has 0 aromatic carbocycles. The van der Waals surface area contributed by atoms with Crippen molar-refractivity contribution in [2.24, 2.45) is 11.3 Å². The van der Waals surface area contributed by atoms with Gasteiger partial charge in [0.2, 0.25) is 5.91 Å². The van der Waals surface area contributed by atoms with E-state index in [1.807, 2.05) is 6.07 Å². The molecule has 12 heteroatoms. The molecule has 4 amide bonds. The number of carbonyl (C=O) groups excluding carboxylic acids is 3. The summed E-state index contributed by atoms with van der Waals surface area (Å²) in [6.07, 6.45) is 10.1. The van der Waals surface area contributed by atoms with Crippen LogP contribution in [0.25, 0.3) is 11.0 Å². The molecule has 6 rings (SSSR count). The van der Waals surface area contributed by atoms with Gasteiger partial charge in [-0.05, 0) is 103 Å². The molecule has 45 heavy (non-hydrogen) atoms. The van der Waals surface area contributed by atoms with Crippen LogP contribution in [-0.2, 0) is 9.53 Å². The van der Waals surface area contributed by atoms with Gasteiger partial charge in [0, 0.05) is 49.6 Å². The zero-order valence-corrected chi connectivity index (χ0v) is 26.9. The number of carbonyl (C=O) groups is 3. The van der Waals surface area contributed by atoms with E-state index in [1.54, 1.807) is 31.9 Å². The first-order valence-electron chi connectivity index (χ1n) is 16.4. The number of likely N-dealkylation sites (tertiary alicyclic amines) is 2. The number of aromatic nitrogens is 2.